The SMILES string of the molecule is Cn1cc(NC(O)c2cnn3ccc(N[C@@H]4CCCCC[C@@H]4N)nc23)c(C(F)(F)F)n1. The molecule has 0 bridgehead atoms. The third-order valence-corrected chi connectivity index (χ3v) is 5.48. The van der Waals surface area contributed by atoms with Crippen LogP contribution in [0.4, 0.5) is 24.7 Å². The molecule has 9 nitrogen and oxygen atoms in total. The number of aryl methyl sites for hydroxylation is 1. The smallest absolute Gasteiger partial charge is 0.369 e. The lowest BCUT2D eigenvalue weighted by molar-refractivity contribution is -0.140. The van der Waals surface area contributed by atoms with Gasteiger partial charge in [-0.1, -0.05) is 19.3 Å². The Morgan fingerprint density at radius 2 is 2.03 bits per heavy atom. The molecular formula is C19H25F3N8O. The average molecular weight is 438 g/mol. The normalized spacial score (nSPS) is 21.1. The highest BCUT2D eigenvalue weighted by Crippen LogP contribution is 2.35. The molecule has 3 atom stereocenters. The fraction of sp³-hybridized carbons (Fsp3) is 0.526. The number of anilines is 2. The van der Waals surface area contributed by atoms with Crippen molar-refractivity contribution in [1.82, 2.24) is 24.4 Å². The summed E-state index contributed by atoms with van der Waals surface area (Å²) in [7, 11) is 1.37. The van der Waals surface area contributed by atoms with E-state index < -0.39 is 18.1 Å². The Morgan fingerprint density at radius 1 is 1.26 bits per heavy atom. The molecule has 31 heavy (non-hydrogen) atoms. The highest BCUT2D eigenvalue weighted by atomic mass is 19.4. The van der Waals surface area contributed by atoms with Crippen molar-refractivity contribution < 1.29 is 18.3 Å². The van der Waals surface area contributed by atoms with E-state index in [0.717, 1.165) is 43.0 Å². The quantitative estimate of drug-likeness (QED) is 0.357. The summed E-state index contributed by atoms with van der Waals surface area (Å²) in [5.41, 5.74) is 5.40. The lowest BCUT2D eigenvalue weighted by Crippen LogP contribution is -2.39. The van der Waals surface area contributed by atoms with E-state index in [-0.39, 0.29) is 23.3 Å². The van der Waals surface area contributed by atoms with Gasteiger partial charge in [0.2, 0.25) is 0 Å². The van der Waals surface area contributed by atoms with Crippen molar-refractivity contribution in [1.29, 1.82) is 0 Å². The van der Waals surface area contributed by atoms with Gasteiger partial charge < -0.3 is 21.5 Å². The summed E-state index contributed by atoms with van der Waals surface area (Å²) in [5, 5.41) is 24.0. The maximum Gasteiger partial charge on any atom is 0.437 e. The second kappa shape index (κ2) is 8.35. The van der Waals surface area contributed by atoms with Crippen LogP contribution in [0.25, 0.3) is 5.65 Å². The van der Waals surface area contributed by atoms with Crippen LogP contribution in [-0.4, -0.2) is 41.6 Å². The first-order valence-electron chi connectivity index (χ1n) is 10.1. The fourth-order valence-corrected chi connectivity index (χ4v) is 3.89. The molecule has 0 radical (unpaired) electrons. The van der Waals surface area contributed by atoms with Crippen LogP contribution in [0.5, 0.6) is 0 Å². The van der Waals surface area contributed by atoms with Gasteiger partial charge in [0.15, 0.2) is 17.6 Å². The van der Waals surface area contributed by atoms with Crippen LogP contribution >= 0.6 is 0 Å². The molecule has 1 unspecified atom stereocenters. The predicted molar refractivity (Wildman–Crippen MR) is 108 cm³/mol. The molecule has 1 saturated carbocycles. The third-order valence-electron chi connectivity index (χ3n) is 5.48. The molecule has 0 aromatic carbocycles. The number of aliphatic hydroxyl groups excluding tert-OH is 1. The Balaban J connectivity index is 1.58. The Hall–Kier alpha value is -2.86. The van der Waals surface area contributed by atoms with E-state index in [2.05, 4.69) is 25.8 Å². The molecule has 3 aromatic rings. The summed E-state index contributed by atoms with van der Waals surface area (Å²) < 4.78 is 42.1. The zero-order chi connectivity index (χ0) is 22.2. The van der Waals surface area contributed by atoms with Gasteiger partial charge in [-0.2, -0.15) is 23.4 Å². The van der Waals surface area contributed by atoms with E-state index in [1.54, 1.807) is 12.3 Å². The van der Waals surface area contributed by atoms with Crippen LogP contribution in [0.15, 0.2) is 24.7 Å². The van der Waals surface area contributed by atoms with Gasteiger partial charge >= 0.3 is 6.18 Å². The van der Waals surface area contributed by atoms with E-state index in [4.69, 9.17) is 5.73 Å². The van der Waals surface area contributed by atoms with Gasteiger partial charge in [0.05, 0.1) is 17.4 Å². The Kier molecular flexibility index (Phi) is 5.75. The molecule has 0 saturated heterocycles. The number of halogens is 3. The zero-order valence-electron chi connectivity index (χ0n) is 17.0. The van der Waals surface area contributed by atoms with Gasteiger partial charge in [-0.05, 0) is 18.9 Å². The number of rotatable bonds is 5. The van der Waals surface area contributed by atoms with Gasteiger partial charge in [-0.15, -0.1) is 0 Å². The van der Waals surface area contributed by atoms with Crippen molar-refractivity contribution in [2.45, 2.75) is 56.6 Å². The number of aromatic nitrogens is 5. The predicted octanol–water partition coefficient (Wildman–Crippen LogP) is 2.66. The van der Waals surface area contributed by atoms with Crippen molar-refractivity contribution in [3.05, 3.63) is 35.9 Å². The second-order valence-corrected chi connectivity index (χ2v) is 7.84. The summed E-state index contributed by atoms with van der Waals surface area (Å²) >= 11 is 0. The van der Waals surface area contributed by atoms with Crippen LogP contribution in [-0.2, 0) is 13.2 Å². The summed E-state index contributed by atoms with van der Waals surface area (Å²) in [4.78, 5) is 4.52. The lowest BCUT2D eigenvalue weighted by Gasteiger charge is -2.23. The first-order chi connectivity index (χ1) is 14.7. The molecule has 168 valence electrons. The van der Waals surface area contributed by atoms with E-state index in [0.29, 0.717) is 11.5 Å². The number of aliphatic hydroxyl groups is 1. The van der Waals surface area contributed by atoms with Crippen molar-refractivity contribution in [3.8, 4) is 0 Å². The standard InChI is InChI=1S/C19H25F3N8O/c1-29-10-14(16(28-29)19(20,21)22)26-18(31)11-9-24-30-8-7-15(27-17(11)30)25-13-6-4-2-3-5-12(13)23/h7-10,12-13,18,26,31H,2-6,23H2,1H3,(H,25,27)/t12-,13+,18?/m0/s1. The molecule has 4 rings (SSSR count). The number of fused-ring (bicyclic) bond motifs is 1. The fourth-order valence-electron chi connectivity index (χ4n) is 3.89. The third kappa shape index (κ3) is 4.59. The highest BCUT2D eigenvalue weighted by Gasteiger charge is 2.37. The minimum Gasteiger partial charge on any atom is -0.369 e. The van der Waals surface area contributed by atoms with E-state index >= 15 is 0 Å². The first kappa shape index (κ1) is 21.4. The lowest BCUT2D eigenvalue weighted by atomic mass is 10.0. The van der Waals surface area contributed by atoms with Crippen LogP contribution in [0.2, 0.25) is 0 Å². The highest BCUT2D eigenvalue weighted by molar-refractivity contribution is 5.56. The minimum absolute atomic E-state index is 0.0172. The maximum atomic E-state index is 13.2. The zero-order valence-corrected chi connectivity index (χ0v) is 17.0. The second-order valence-electron chi connectivity index (χ2n) is 7.84. The number of nitrogens with zero attached hydrogens (tertiary/aromatic N) is 5. The van der Waals surface area contributed by atoms with E-state index in [9.17, 15) is 18.3 Å². The summed E-state index contributed by atoms with van der Waals surface area (Å²) in [6.45, 7) is 0. The van der Waals surface area contributed by atoms with Crippen LogP contribution < -0.4 is 16.4 Å². The number of alkyl halides is 3. The molecule has 0 spiro atoms. The van der Waals surface area contributed by atoms with Gasteiger partial charge in [0.1, 0.15) is 5.82 Å². The average Bonchev–Trinajstić information content (AvgIpc) is 3.23. The Morgan fingerprint density at radius 3 is 2.81 bits per heavy atom. The Bertz CT molecular complexity index is 1050. The van der Waals surface area contributed by atoms with Gasteiger partial charge in [0, 0.05) is 31.5 Å². The maximum absolute atomic E-state index is 13.2. The van der Waals surface area contributed by atoms with E-state index in [1.807, 2.05) is 0 Å². The topological polar surface area (TPSA) is 118 Å². The largest absolute Gasteiger partial charge is 0.437 e. The number of hydrogen-bond acceptors (Lipinski definition) is 7. The molecule has 12 heteroatoms. The van der Waals surface area contributed by atoms with Crippen LogP contribution in [0.3, 0.4) is 0 Å². The van der Waals surface area contributed by atoms with Crippen molar-refractivity contribution >= 4 is 17.2 Å². The van der Waals surface area contributed by atoms with Gasteiger partial charge in [-0.25, -0.2) is 9.50 Å². The van der Waals surface area contributed by atoms with E-state index in [1.165, 1.54) is 17.8 Å². The van der Waals surface area contributed by atoms with Crippen molar-refractivity contribution in [2.24, 2.45) is 12.8 Å². The van der Waals surface area contributed by atoms with Gasteiger partial charge in [0.25, 0.3) is 0 Å². The summed E-state index contributed by atoms with van der Waals surface area (Å²) in [5.74, 6) is 0.571. The molecule has 3 aromatic heterocycles. The monoisotopic (exact) mass is 438 g/mol. The van der Waals surface area contributed by atoms with Crippen molar-refractivity contribution in [2.75, 3.05) is 10.6 Å². The number of nitrogens with one attached hydrogen (secondary N) is 2. The molecule has 1 fully saturated rings. The molecule has 1 aliphatic rings. The molecule has 0 aliphatic heterocycles. The minimum atomic E-state index is -4.66. The Labute approximate surface area is 176 Å². The van der Waals surface area contributed by atoms with Gasteiger partial charge in [-0.3, -0.25) is 4.68 Å². The van der Waals surface area contributed by atoms with Crippen molar-refractivity contribution in [3.63, 3.8) is 0 Å². The number of hydrogen-bond donors (Lipinski definition) is 4. The summed E-state index contributed by atoms with van der Waals surface area (Å²) in [6, 6.07) is 1.85. The molecule has 3 heterocycles. The first-order valence-corrected chi connectivity index (χ1v) is 10.1. The van der Waals surface area contributed by atoms with Crippen LogP contribution in [0, 0.1) is 0 Å². The molecule has 5 N–H and O–H groups in total. The number of nitrogens with two attached hydrogens (primary N) is 1. The van der Waals surface area contributed by atoms with Crippen LogP contribution in [0.1, 0.15) is 49.6 Å². The molecule has 0 amide bonds. The molecule has 1 aliphatic carbocycles. The molecular weight excluding hydrogens is 413 g/mol. The summed E-state index contributed by atoms with van der Waals surface area (Å²) in [6.07, 6.45) is 3.29.